The zero-order chi connectivity index (χ0) is 22.6. The van der Waals surface area contributed by atoms with Gasteiger partial charge in [-0.15, -0.1) is 0 Å². The van der Waals surface area contributed by atoms with E-state index in [4.69, 9.17) is 4.74 Å². The Kier molecular flexibility index (Phi) is 4.86. The number of halogens is 3. The Bertz CT molecular complexity index is 1050. The predicted octanol–water partition coefficient (Wildman–Crippen LogP) is 3.00. The minimum absolute atomic E-state index is 0.337. The van der Waals surface area contributed by atoms with Crippen molar-refractivity contribution in [3.05, 3.63) is 41.1 Å². The van der Waals surface area contributed by atoms with Gasteiger partial charge in [0, 0.05) is 30.5 Å². The van der Waals surface area contributed by atoms with Crippen LogP contribution in [0.3, 0.4) is 0 Å². The van der Waals surface area contributed by atoms with Gasteiger partial charge in [-0.25, -0.2) is 14.8 Å². The van der Waals surface area contributed by atoms with Crippen LogP contribution in [0.4, 0.5) is 29.5 Å². The number of ether oxygens (including phenoxy) is 1. The van der Waals surface area contributed by atoms with Crippen LogP contribution in [0.1, 0.15) is 29.7 Å². The maximum Gasteiger partial charge on any atom is 0.433 e. The fourth-order valence-corrected chi connectivity index (χ4v) is 4.33. The number of aryl methyl sites for hydroxylation is 1. The average Bonchev–Trinajstić information content (AvgIpc) is 3.11. The highest BCUT2D eigenvalue weighted by molar-refractivity contribution is 5.70. The molecule has 5 rings (SSSR count). The molecule has 0 atom stereocenters. The maximum absolute atomic E-state index is 12.9. The van der Waals surface area contributed by atoms with Gasteiger partial charge in [-0.1, -0.05) is 6.92 Å². The molecule has 0 aromatic carbocycles. The third kappa shape index (κ3) is 3.80. The second kappa shape index (κ2) is 7.49. The van der Waals surface area contributed by atoms with Crippen molar-refractivity contribution in [2.45, 2.75) is 39.2 Å². The summed E-state index contributed by atoms with van der Waals surface area (Å²) in [4.78, 5) is 30.7. The number of nitrogens with zero attached hydrogens (tertiary/aromatic N) is 6. The van der Waals surface area contributed by atoms with Crippen LogP contribution in [0.25, 0.3) is 0 Å². The Balaban J connectivity index is 1.19. The molecule has 3 aliphatic heterocycles. The highest BCUT2D eigenvalue weighted by Crippen LogP contribution is 2.34. The van der Waals surface area contributed by atoms with Crippen molar-refractivity contribution < 1.29 is 22.7 Å². The van der Waals surface area contributed by atoms with Crippen LogP contribution in [0, 0.1) is 12.8 Å². The largest absolute Gasteiger partial charge is 0.442 e. The normalized spacial score (nSPS) is 19.0. The van der Waals surface area contributed by atoms with Crippen LogP contribution < -0.4 is 9.80 Å². The molecule has 0 spiro atoms. The minimum Gasteiger partial charge on any atom is -0.442 e. The summed E-state index contributed by atoms with van der Waals surface area (Å²) < 4.78 is 44.2. The molecule has 2 aromatic heterocycles. The quantitative estimate of drug-likeness (QED) is 0.715. The van der Waals surface area contributed by atoms with Crippen LogP contribution >= 0.6 is 0 Å². The molecule has 3 aliphatic rings. The van der Waals surface area contributed by atoms with Gasteiger partial charge in [0.25, 0.3) is 0 Å². The third-order valence-electron chi connectivity index (χ3n) is 6.01. The van der Waals surface area contributed by atoms with Crippen molar-refractivity contribution in [1.82, 2.24) is 19.9 Å². The molecule has 0 bridgehead atoms. The van der Waals surface area contributed by atoms with Crippen LogP contribution in [0.15, 0.2) is 18.3 Å². The van der Waals surface area contributed by atoms with Crippen molar-refractivity contribution in [2.75, 3.05) is 36.0 Å². The Morgan fingerprint density at radius 2 is 1.88 bits per heavy atom. The van der Waals surface area contributed by atoms with Crippen molar-refractivity contribution in [2.24, 2.45) is 5.92 Å². The highest BCUT2D eigenvalue weighted by Gasteiger charge is 2.38. The number of hydrogen-bond acceptors (Lipinski definition) is 7. The number of alkyl halides is 3. The lowest BCUT2D eigenvalue weighted by Crippen LogP contribution is -2.54. The van der Waals surface area contributed by atoms with E-state index >= 15 is 0 Å². The molecule has 0 N–H and O–H groups in total. The lowest BCUT2D eigenvalue weighted by atomic mass is 10.0. The number of fused-ring (bicyclic) bond motifs is 1. The van der Waals surface area contributed by atoms with E-state index in [0.29, 0.717) is 43.6 Å². The fraction of sp³-hybridized carbons (Fsp3) is 0.524. The number of aromatic nitrogens is 3. The zero-order valence-corrected chi connectivity index (χ0v) is 17.8. The van der Waals surface area contributed by atoms with Gasteiger partial charge in [0.05, 0.1) is 31.9 Å². The second-order valence-electron chi connectivity index (χ2n) is 8.69. The van der Waals surface area contributed by atoms with Crippen LogP contribution in [0.2, 0.25) is 0 Å². The van der Waals surface area contributed by atoms with E-state index in [2.05, 4.69) is 26.8 Å². The molecule has 0 saturated carbocycles. The molecular formula is C21H23F3N6O2. The molecule has 2 saturated heterocycles. The topological polar surface area (TPSA) is 74.7 Å². The summed E-state index contributed by atoms with van der Waals surface area (Å²) in [5.74, 6) is 2.20. The Morgan fingerprint density at radius 3 is 2.56 bits per heavy atom. The number of pyridine rings is 1. The van der Waals surface area contributed by atoms with E-state index < -0.39 is 18.0 Å². The van der Waals surface area contributed by atoms with Gasteiger partial charge in [0.15, 0.2) is 0 Å². The van der Waals surface area contributed by atoms with Gasteiger partial charge in [0.1, 0.15) is 23.4 Å². The highest BCUT2D eigenvalue weighted by atomic mass is 19.4. The molecule has 11 heteroatoms. The lowest BCUT2D eigenvalue weighted by molar-refractivity contribution is -0.141. The molecule has 8 nitrogen and oxygen atoms in total. The first-order valence-electron chi connectivity index (χ1n) is 10.5. The van der Waals surface area contributed by atoms with E-state index in [-0.39, 0.29) is 6.10 Å². The summed E-state index contributed by atoms with van der Waals surface area (Å²) in [7, 11) is 0. The molecule has 5 heterocycles. The third-order valence-corrected chi connectivity index (χ3v) is 6.01. The van der Waals surface area contributed by atoms with E-state index in [9.17, 15) is 18.0 Å². The smallest absolute Gasteiger partial charge is 0.433 e. The van der Waals surface area contributed by atoms with E-state index in [0.717, 1.165) is 42.4 Å². The van der Waals surface area contributed by atoms with Gasteiger partial charge >= 0.3 is 12.3 Å². The summed E-state index contributed by atoms with van der Waals surface area (Å²) in [5.41, 5.74) is 1.28. The first kappa shape index (κ1) is 20.8. The number of rotatable bonds is 3. The van der Waals surface area contributed by atoms with E-state index in [1.54, 1.807) is 9.80 Å². The summed E-state index contributed by atoms with van der Waals surface area (Å²) >= 11 is 0. The van der Waals surface area contributed by atoms with Crippen molar-refractivity contribution >= 4 is 17.6 Å². The first-order chi connectivity index (χ1) is 15.2. The van der Waals surface area contributed by atoms with Crippen molar-refractivity contribution in [3.8, 4) is 0 Å². The number of carbonyl (C=O) groups is 1. The molecule has 170 valence electrons. The van der Waals surface area contributed by atoms with Crippen molar-refractivity contribution in [1.29, 1.82) is 0 Å². The fourth-order valence-electron chi connectivity index (χ4n) is 4.33. The molecule has 32 heavy (non-hydrogen) atoms. The van der Waals surface area contributed by atoms with Crippen molar-refractivity contribution in [3.63, 3.8) is 0 Å². The molecule has 0 unspecified atom stereocenters. The number of amides is 1. The van der Waals surface area contributed by atoms with E-state index in [1.165, 1.54) is 6.07 Å². The first-order valence-corrected chi connectivity index (χ1v) is 10.5. The SMILES string of the molecule is Cc1nc2c(c(N3CC(C)C3)n1)CN(C(=O)OC1CN(c3ccnc(C(F)(F)F)c3)C1)C2. The van der Waals surface area contributed by atoms with E-state index in [1.807, 2.05) is 6.92 Å². The standard InChI is InChI=1S/C21H23F3N6O2/c1-12-6-29(7-12)19-16-10-30(11-17(16)26-13(2)27-19)20(31)32-15-8-28(9-15)14-3-4-25-18(5-14)21(22,23)24/h3-5,12,15H,6-11H2,1-2H3. The number of hydrogen-bond donors (Lipinski definition) is 0. The molecule has 1 amide bonds. The van der Waals surface area contributed by atoms with Crippen LogP contribution in [-0.4, -0.2) is 58.2 Å². The van der Waals surface area contributed by atoms with Gasteiger partial charge in [-0.3, -0.25) is 9.88 Å². The van der Waals surface area contributed by atoms with Crippen LogP contribution in [-0.2, 0) is 24.0 Å². The Morgan fingerprint density at radius 1 is 1.12 bits per heavy atom. The predicted molar refractivity (Wildman–Crippen MR) is 109 cm³/mol. The minimum atomic E-state index is -4.49. The van der Waals surface area contributed by atoms with Gasteiger partial charge in [0.2, 0.25) is 0 Å². The summed E-state index contributed by atoms with van der Waals surface area (Å²) in [5, 5.41) is 0. The average molecular weight is 448 g/mol. The number of anilines is 2. The second-order valence-corrected chi connectivity index (χ2v) is 8.69. The summed E-state index contributed by atoms with van der Waals surface area (Å²) in [6.45, 7) is 7.35. The van der Waals surface area contributed by atoms with Gasteiger partial charge < -0.3 is 14.5 Å². The maximum atomic E-state index is 12.9. The van der Waals surface area contributed by atoms with Crippen LogP contribution in [0.5, 0.6) is 0 Å². The number of carbonyl (C=O) groups excluding carboxylic acids is 1. The lowest BCUT2D eigenvalue weighted by Gasteiger charge is -2.40. The Labute approximate surface area is 183 Å². The summed E-state index contributed by atoms with van der Waals surface area (Å²) in [6.07, 6.45) is -4.18. The molecule has 2 fully saturated rings. The Hall–Kier alpha value is -3.11. The van der Waals surface area contributed by atoms with Gasteiger partial charge in [-0.05, 0) is 25.0 Å². The molecule has 0 aliphatic carbocycles. The summed E-state index contributed by atoms with van der Waals surface area (Å²) in [6, 6.07) is 2.53. The zero-order valence-electron chi connectivity index (χ0n) is 17.8. The monoisotopic (exact) mass is 448 g/mol. The molecule has 0 radical (unpaired) electrons. The van der Waals surface area contributed by atoms with Gasteiger partial charge in [-0.2, -0.15) is 13.2 Å². The molecule has 2 aromatic rings. The molecular weight excluding hydrogens is 425 g/mol.